The van der Waals surface area contributed by atoms with Gasteiger partial charge in [0.15, 0.2) is 0 Å². The van der Waals surface area contributed by atoms with Gasteiger partial charge in [0, 0.05) is 11.1 Å². The number of fused-ring (bicyclic) bond motifs is 1. The number of ether oxygens (including phenoxy) is 1. The lowest BCUT2D eigenvalue weighted by Gasteiger charge is -2.01. The van der Waals surface area contributed by atoms with Crippen molar-refractivity contribution in [2.45, 2.75) is 20.1 Å². The van der Waals surface area contributed by atoms with Crippen molar-refractivity contribution in [3.05, 3.63) is 34.9 Å². The first-order valence-corrected chi connectivity index (χ1v) is 5.17. The van der Waals surface area contributed by atoms with Crippen LogP contribution in [0.1, 0.15) is 16.7 Å². The van der Waals surface area contributed by atoms with Gasteiger partial charge in [-0.1, -0.05) is 17.3 Å². The molecule has 2 aromatic rings. The fraction of sp³-hybridized carbons (Fsp3) is 0.250. The van der Waals surface area contributed by atoms with Crippen LogP contribution in [0.4, 0.5) is 5.88 Å². The molecule has 4 nitrogen and oxygen atoms in total. The standard InChI is InChI=1S/C12H12N2O2/c1-7-11(14-16-12(7)13)8-2-3-9-5-15-6-10(9)4-8/h2-4H,5-6,13H2,1H3. The fourth-order valence-electron chi connectivity index (χ4n) is 1.94. The number of rotatable bonds is 1. The van der Waals surface area contributed by atoms with Crippen molar-refractivity contribution in [1.82, 2.24) is 5.16 Å². The van der Waals surface area contributed by atoms with Gasteiger partial charge in [-0.05, 0) is 24.1 Å². The Morgan fingerprint density at radius 2 is 2.06 bits per heavy atom. The summed E-state index contributed by atoms with van der Waals surface area (Å²) in [7, 11) is 0. The molecule has 0 atom stereocenters. The minimum absolute atomic E-state index is 0.381. The molecule has 4 heteroatoms. The molecule has 0 unspecified atom stereocenters. The first-order chi connectivity index (χ1) is 7.75. The largest absolute Gasteiger partial charge is 0.372 e. The van der Waals surface area contributed by atoms with Gasteiger partial charge in [-0.25, -0.2) is 0 Å². The van der Waals surface area contributed by atoms with Gasteiger partial charge < -0.3 is 15.0 Å². The number of nitrogen functional groups attached to an aromatic ring is 1. The van der Waals surface area contributed by atoms with Gasteiger partial charge in [0.1, 0.15) is 5.69 Å². The third-order valence-electron chi connectivity index (χ3n) is 2.95. The second-order valence-corrected chi connectivity index (χ2v) is 4.00. The highest BCUT2D eigenvalue weighted by Gasteiger charge is 2.15. The summed E-state index contributed by atoms with van der Waals surface area (Å²) in [5.41, 5.74) is 10.8. The molecule has 3 rings (SSSR count). The molecule has 0 fully saturated rings. The number of benzene rings is 1. The summed E-state index contributed by atoms with van der Waals surface area (Å²) in [4.78, 5) is 0. The Hall–Kier alpha value is -1.81. The van der Waals surface area contributed by atoms with E-state index in [1.54, 1.807) is 0 Å². The SMILES string of the molecule is Cc1c(-c2ccc3c(c2)COC3)noc1N. The van der Waals surface area contributed by atoms with E-state index in [1.165, 1.54) is 11.1 Å². The summed E-state index contributed by atoms with van der Waals surface area (Å²) in [5, 5.41) is 3.97. The number of anilines is 1. The maximum absolute atomic E-state index is 5.64. The van der Waals surface area contributed by atoms with Gasteiger partial charge in [-0.3, -0.25) is 0 Å². The Balaban J connectivity index is 2.10. The van der Waals surface area contributed by atoms with Crippen LogP contribution in [0.3, 0.4) is 0 Å². The zero-order valence-electron chi connectivity index (χ0n) is 8.99. The summed E-state index contributed by atoms with van der Waals surface area (Å²) in [6.07, 6.45) is 0. The molecule has 16 heavy (non-hydrogen) atoms. The molecular weight excluding hydrogens is 204 g/mol. The van der Waals surface area contributed by atoms with Crippen LogP contribution in [-0.4, -0.2) is 5.16 Å². The molecule has 1 aromatic heterocycles. The predicted octanol–water partition coefficient (Wildman–Crippen LogP) is 2.26. The first-order valence-electron chi connectivity index (χ1n) is 5.17. The van der Waals surface area contributed by atoms with Gasteiger partial charge in [0.05, 0.1) is 13.2 Å². The lowest BCUT2D eigenvalue weighted by Crippen LogP contribution is -1.87. The average Bonchev–Trinajstić information content (AvgIpc) is 2.86. The van der Waals surface area contributed by atoms with E-state index < -0.39 is 0 Å². The Morgan fingerprint density at radius 3 is 2.81 bits per heavy atom. The Labute approximate surface area is 93.0 Å². The topological polar surface area (TPSA) is 61.3 Å². The van der Waals surface area contributed by atoms with Crippen molar-refractivity contribution in [2.24, 2.45) is 0 Å². The van der Waals surface area contributed by atoms with Gasteiger partial charge in [0.25, 0.3) is 0 Å². The van der Waals surface area contributed by atoms with Crippen LogP contribution < -0.4 is 5.73 Å². The summed E-state index contributed by atoms with van der Waals surface area (Å²) >= 11 is 0. The van der Waals surface area contributed by atoms with E-state index in [1.807, 2.05) is 13.0 Å². The van der Waals surface area contributed by atoms with Crippen LogP contribution in [0.5, 0.6) is 0 Å². The highest BCUT2D eigenvalue weighted by Crippen LogP contribution is 2.29. The van der Waals surface area contributed by atoms with E-state index in [0.717, 1.165) is 16.8 Å². The smallest absolute Gasteiger partial charge is 0.225 e. The molecule has 1 aliphatic heterocycles. The first kappa shape index (κ1) is 9.42. The molecular formula is C12H12N2O2. The third kappa shape index (κ3) is 1.31. The van der Waals surface area contributed by atoms with Crippen LogP contribution in [-0.2, 0) is 18.0 Å². The Bertz CT molecular complexity index is 546. The van der Waals surface area contributed by atoms with Crippen LogP contribution in [0.2, 0.25) is 0 Å². The van der Waals surface area contributed by atoms with E-state index >= 15 is 0 Å². The number of nitrogens with two attached hydrogens (primary N) is 1. The van der Waals surface area contributed by atoms with Gasteiger partial charge >= 0.3 is 0 Å². The zero-order chi connectivity index (χ0) is 11.1. The van der Waals surface area contributed by atoms with Crippen molar-refractivity contribution in [3.8, 4) is 11.3 Å². The second kappa shape index (κ2) is 3.35. The number of hydrogen-bond acceptors (Lipinski definition) is 4. The summed E-state index contributed by atoms with van der Waals surface area (Å²) in [6, 6.07) is 6.19. The lowest BCUT2D eigenvalue weighted by atomic mass is 10.0. The summed E-state index contributed by atoms with van der Waals surface area (Å²) in [5.74, 6) is 0.381. The summed E-state index contributed by atoms with van der Waals surface area (Å²) in [6.45, 7) is 3.29. The minimum Gasteiger partial charge on any atom is -0.372 e. The Morgan fingerprint density at radius 1 is 1.25 bits per heavy atom. The maximum atomic E-state index is 5.64. The second-order valence-electron chi connectivity index (χ2n) is 4.00. The van der Waals surface area contributed by atoms with E-state index in [0.29, 0.717) is 19.1 Å². The number of nitrogens with zero attached hydrogens (tertiary/aromatic N) is 1. The molecule has 0 aliphatic carbocycles. The van der Waals surface area contributed by atoms with Crippen molar-refractivity contribution < 1.29 is 9.26 Å². The van der Waals surface area contributed by atoms with Crippen LogP contribution in [0.25, 0.3) is 11.3 Å². The number of hydrogen-bond donors (Lipinski definition) is 1. The van der Waals surface area contributed by atoms with E-state index in [-0.39, 0.29) is 0 Å². The van der Waals surface area contributed by atoms with Crippen LogP contribution >= 0.6 is 0 Å². The molecule has 0 saturated carbocycles. The van der Waals surface area contributed by atoms with Gasteiger partial charge in [-0.15, -0.1) is 0 Å². The predicted molar refractivity (Wildman–Crippen MR) is 59.6 cm³/mol. The third-order valence-corrected chi connectivity index (χ3v) is 2.95. The molecule has 1 aliphatic rings. The lowest BCUT2D eigenvalue weighted by molar-refractivity contribution is 0.134. The van der Waals surface area contributed by atoms with Gasteiger partial charge in [0.2, 0.25) is 5.88 Å². The minimum atomic E-state index is 0.381. The highest BCUT2D eigenvalue weighted by molar-refractivity contribution is 5.67. The van der Waals surface area contributed by atoms with E-state index in [9.17, 15) is 0 Å². The average molecular weight is 216 g/mol. The molecule has 0 saturated heterocycles. The van der Waals surface area contributed by atoms with Crippen molar-refractivity contribution in [1.29, 1.82) is 0 Å². The van der Waals surface area contributed by atoms with Gasteiger partial charge in [-0.2, -0.15) is 0 Å². The number of aromatic nitrogens is 1. The molecule has 0 spiro atoms. The van der Waals surface area contributed by atoms with Crippen molar-refractivity contribution in [3.63, 3.8) is 0 Å². The summed E-state index contributed by atoms with van der Waals surface area (Å²) < 4.78 is 10.3. The van der Waals surface area contributed by atoms with Crippen LogP contribution in [0.15, 0.2) is 22.7 Å². The maximum Gasteiger partial charge on any atom is 0.225 e. The quantitative estimate of drug-likeness (QED) is 0.794. The molecule has 2 heterocycles. The van der Waals surface area contributed by atoms with Crippen LogP contribution in [0, 0.1) is 6.92 Å². The Kier molecular flexibility index (Phi) is 1.97. The molecule has 82 valence electrons. The zero-order valence-corrected chi connectivity index (χ0v) is 8.99. The molecule has 2 N–H and O–H groups in total. The normalized spacial score (nSPS) is 14.1. The van der Waals surface area contributed by atoms with Crippen molar-refractivity contribution in [2.75, 3.05) is 5.73 Å². The van der Waals surface area contributed by atoms with Crippen molar-refractivity contribution >= 4 is 5.88 Å². The molecule has 0 amide bonds. The van der Waals surface area contributed by atoms with E-state index in [2.05, 4.69) is 17.3 Å². The highest BCUT2D eigenvalue weighted by atomic mass is 16.5. The fourth-order valence-corrected chi connectivity index (χ4v) is 1.94. The molecule has 1 aromatic carbocycles. The molecule has 0 radical (unpaired) electrons. The molecule has 0 bridgehead atoms. The van der Waals surface area contributed by atoms with E-state index in [4.69, 9.17) is 15.0 Å². The monoisotopic (exact) mass is 216 g/mol.